The zero-order valence-electron chi connectivity index (χ0n) is 15.6. The number of benzene rings is 1. The van der Waals surface area contributed by atoms with Gasteiger partial charge < -0.3 is 14.5 Å². The van der Waals surface area contributed by atoms with E-state index in [2.05, 4.69) is 37.0 Å². The number of rotatable bonds is 7. The molecule has 1 N–H and O–H groups in total. The van der Waals surface area contributed by atoms with E-state index in [1.54, 1.807) is 0 Å². The number of carbonyl (C=O) groups is 1. The van der Waals surface area contributed by atoms with Gasteiger partial charge in [0.05, 0.1) is 18.9 Å². The van der Waals surface area contributed by atoms with E-state index < -0.39 is 0 Å². The first-order valence-corrected chi connectivity index (χ1v) is 9.57. The minimum Gasteiger partial charge on any atom is -0.466 e. The van der Waals surface area contributed by atoms with Crippen molar-refractivity contribution in [3.63, 3.8) is 0 Å². The monoisotopic (exact) mass is 343 g/mol. The molecule has 3 rings (SSSR count). The third-order valence-electron chi connectivity index (χ3n) is 5.39. The minimum atomic E-state index is -0.385. The van der Waals surface area contributed by atoms with E-state index in [0.717, 1.165) is 25.7 Å². The maximum absolute atomic E-state index is 11.7. The SMILES string of the molecule is CCCC(=O)OCC[C@]1(CC)OCCc2c1[nH]c1c(CC)cccc21. The summed E-state index contributed by atoms with van der Waals surface area (Å²) in [4.78, 5) is 15.4. The number of esters is 1. The molecule has 1 aliphatic heterocycles. The number of hydrogen-bond acceptors (Lipinski definition) is 3. The van der Waals surface area contributed by atoms with E-state index in [1.165, 1.54) is 27.7 Å². The van der Waals surface area contributed by atoms with Gasteiger partial charge in [0, 0.05) is 23.7 Å². The van der Waals surface area contributed by atoms with Crippen LogP contribution in [0.3, 0.4) is 0 Å². The van der Waals surface area contributed by atoms with Gasteiger partial charge in [-0.3, -0.25) is 4.79 Å². The molecule has 0 fully saturated rings. The van der Waals surface area contributed by atoms with Crippen molar-refractivity contribution in [1.82, 2.24) is 4.98 Å². The number of hydrogen-bond donors (Lipinski definition) is 1. The van der Waals surface area contributed by atoms with Crippen LogP contribution in [0.25, 0.3) is 10.9 Å². The number of carbonyl (C=O) groups excluding carboxylic acids is 1. The van der Waals surface area contributed by atoms with Gasteiger partial charge >= 0.3 is 5.97 Å². The molecule has 2 aromatic rings. The molecule has 136 valence electrons. The molecule has 0 bridgehead atoms. The number of fused-ring (bicyclic) bond motifs is 3. The minimum absolute atomic E-state index is 0.116. The Bertz CT molecular complexity index is 749. The van der Waals surface area contributed by atoms with Crippen LogP contribution in [-0.2, 0) is 32.7 Å². The molecule has 0 spiro atoms. The fourth-order valence-corrected chi connectivity index (χ4v) is 3.96. The topological polar surface area (TPSA) is 51.3 Å². The molecule has 1 aromatic heterocycles. The summed E-state index contributed by atoms with van der Waals surface area (Å²) in [6.07, 6.45) is 4.79. The first-order chi connectivity index (χ1) is 12.1. The smallest absolute Gasteiger partial charge is 0.305 e. The van der Waals surface area contributed by atoms with Crippen molar-refractivity contribution < 1.29 is 14.3 Å². The number of H-pyrrole nitrogens is 1. The molecule has 25 heavy (non-hydrogen) atoms. The first-order valence-electron chi connectivity index (χ1n) is 9.57. The Morgan fingerprint density at radius 3 is 2.88 bits per heavy atom. The van der Waals surface area contributed by atoms with Crippen molar-refractivity contribution in [2.24, 2.45) is 0 Å². The van der Waals surface area contributed by atoms with Crippen LogP contribution in [0, 0.1) is 0 Å². The van der Waals surface area contributed by atoms with Gasteiger partial charge in [-0.15, -0.1) is 0 Å². The second-order valence-electron chi connectivity index (χ2n) is 6.84. The van der Waals surface area contributed by atoms with Gasteiger partial charge in [0.1, 0.15) is 5.60 Å². The summed E-state index contributed by atoms with van der Waals surface area (Å²) in [6.45, 7) is 7.44. The van der Waals surface area contributed by atoms with Gasteiger partial charge in [-0.2, -0.15) is 0 Å². The second-order valence-corrected chi connectivity index (χ2v) is 6.84. The van der Waals surface area contributed by atoms with Crippen LogP contribution >= 0.6 is 0 Å². The zero-order chi connectivity index (χ0) is 17.9. The normalized spacial score (nSPS) is 19.8. The fourth-order valence-electron chi connectivity index (χ4n) is 3.96. The summed E-state index contributed by atoms with van der Waals surface area (Å²) in [7, 11) is 0. The average molecular weight is 343 g/mol. The van der Waals surface area contributed by atoms with Crippen molar-refractivity contribution >= 4 is 16.9 Å². The Balaban J connectivity index is 1.91. The Morgan fingerprint density at radius 1 is 1.32 bits per heavy atom. The van der Waals surface area contributed by atoms with Crippen LogP contribution in [-0.4, -0.2) is 24.2 Å². The molecule has 0 amide bonds. The molecule has 0 saturated heterocycles. The highest BCUT2D eigenvalue weighted by molar-refractivity contribution is 5.88. The third-order valence-corrected chi connectivity index (χ3v) is 5.39. The highest BCUT2D eigenvalue weighted by atomic mass is 16.5. The van der Waals surface area contributed by atoms with E-state index in [9.17, 15) is 4.79 Å². The van der Waals surface area contributed by atoms with E-state index in [0.29, 0.717) is 26.1 Å². The standard InChI is InChI=1S/C21H29NO3/c1-4-8-18(23)24-14-12-21(6-3)20-17(11-13-25-21)16-10-7-9-15(5-2)19(16)22-20/h7,9-10,22H,4-6,8,11-14H2,1-3H3/t21-/m0/s1. The van der Waals surface area contributed by atoms with Gasteiger partial charge in [0.15, 0.2) is 0 Å². The fraction of sp³-hybridized carbons (Fsp3) is 0.571. The lowest BCUT2D eigenvalue weighted by atomic mass is 9.86. The van der Waals surface area contributed by atoms with Crippen LogP contribution in [0.2, 0.25) is 0 Å². The van der Waals surface area contributed by atoms with Gasteiger partial charge in [-0.25, -0.2) is 0 Å². The predicted molar refractivity (Wildman–Crippen MR) is 99.8 cm³/mol. The van der Waals surface area contributed by atoms with Crippen molar-refractivity contribution in [3.05, 3.63) is 35.0 Å². The van der Waals surface area contributed by atoms with Crippen LogP contribution in [0.15, 0.2) is 18.2 Å². The number of aromatic nitrogens is 1. The van der Waals surface area contributed by atoms with Crippen LogP contribution < -0.4 is 0 Å². The van der Waals surface area contributed by atoms with Gasteiger partial charge in [0.2, 0.25) is 0 Å². The summed E-state index contributed by atoms with van der Waals surface area (Å²) in [6, 6.07) is 6.53. The van der Waals surface area contributed by atoms with Crippen molar-refractivity contribution in [3.8, 4) is 0 Å². The number of aromatic amines is 1. The number of para-hydroxylation sites is 1. The zero-order valence-corrected chi connectivity index (χ0v) is 15.6. The maximum Gasteiger partial charge on any atom is 0.305 e. The lowest BCUT2D eigenvalue weighted by Crippen LogP contribution is -2.36. The molecule has 4 nitrogen and oxygen atoms in total. The van der Waals surface area contributed by atoms with E-state index in [1.807, 2.05) is 6.92 Å². The van der Waals surface area contributed by atoms with Crippen molar-refractivity contribution in [1.29, 1.82) is 0 Å². The number of ether oxygens (including phenoxy) is 2. The quantitative estimate of drug-likeness (QED) is 0.745. The Kier molecular flexibility index (Phi) is 5.48. The molecule has 0 saturated carbocycles. The molecule has 1 aromatic carbocycles. The molecular weight excluding hydrogens is 314 g/mol. The lowest BCUT2D eigenvalue weighted by molar-refractivity contribution is -0.147. The Morgan fingerprint density at radius 2 is 2.16 bits per heavy atom. The summed E-state index contributed by atoms with van der Waals surface area (Å²) >= 11 is 0. The van der Waals surface area contributed by atoms with Crippen LogP contribution in [0.5, 0.6) is 0 Å². The van der Waals surface area contributed by atoms with E-state index in [-0.39, 0.29) is 11.6 Å². The van der Waals surface area contributed by atoms with E-state index in [4.69, 9.17) is 9.47 Å². The Hall–Kier alpha value is -1.81. The first kappa shape index (κ1) is 18.0. The van der Waals surface area contributed by atoms with Crippen LogP contribution in [0.4, 0.5) is 0 Å². The summed E-state index contributed by atoms with van der Waals surface area (Å²) in [5, 5.41) is 1.32. The second kappa shape index (κ2) is 7.61. The number of aryl methyl sites for hydroxylation is 1. The largest absolute Gasteiger partial charge is 0.466 e. The van der Waals surface area contributed by atoms with Gasteiger partial charge in [-0.1, -0.05) is 39.0 Å². The molecule has 1 atom stereocenters. The molecule has 0 radical (unpaired) electrons. The highest BCUT2D eigenvalue weighted by Crippen LogP contribution is 2.42. The molecule has 2 heterocycles. The van der Waals surface area contributed by atoms with E-state index >= 15 is 0 Å². The maximum atomic E-state index is 11.7. The van der Waals surface area contributed by atoms with Crippen molar-refractivity contribution in [2.45, 2.75) is 64.9 Å². The molecule has 0 aliphatic carbocycles. The highest BCUT2D eigenvalue weighted by Gasteiger charge is 2.39. The molecule has 0 unspecified atom stereocenters. The lowest BCUT2D eigenvalue weighted by Gasteiger charge is -2.36. The summed E-state index contributed by atoms with van der Waals surface area (Å²) < 4.78 is 11.7. The van der Waals surface area contributed by atoms with Gasteiger partial charge in [-0.05, 0) is 36.8 Å². The third kappa shape index (κ3) is 3.32. The van der Waals surface area contributed by atoms with Gasteiger partial charge in [0.25, 0.3) is 0 Å². The summed E-state index contributed by atoms with van der Waals surface area (Å²) in [5.74, 6) is -0.116. The van der Waals surface area contributed by atoms with Crippen LogP contribution in [0.1, 0.15) is 63.3 Å². The Labute approximate surface area is 149 Å². The summed E-state index contributed by atoms with van der Waals surface area (Å²) in [5.41, 5.74) is 4.75. The number of nitrogens with one attached hydrogen (secondary N) is 1. The molecular formula is C21H29NO3. The molecule has 4 heteroatoms. The average Bonchev–Trinajstić information content (AvgIpc) is 3.02. The predicted octanol–water partition coefficient (Wildman–Crippen LogP) is 4.64. The molecule has 1 aliphatic rings. The van der Waals surface area contributed by atoms with Crippen molar-refractivity contribution in [2.75, 3.05) is 13.2 Å².